The molecular formula is C31H46N2O5. The third-order valence-electron chi connectivity index (χ3n) is 7.93. The van der Waals surface area contributed by atoms with E-state index in [0.717, 1.165) is 49.0 Å². The number of aliphatic hydroxyl groups is 1. The Balaban J connectivity index is 1.57. The highest BCUT2D eigenvalue weighted by Gasteiger charge is 2.45. The van der Waals surface area contributed by atoms with E-state index in [1.165, 1.54) is 0 Å². The third-order valence-corrected chi connectivity index (χ3v) is 7.93. The summed E-state index contributed by atoms with van der Waals surface area (Å²) in [5.74, 6) is 2.03. The van der Waals surface area contributed by atoms with Gasteiger partial charge in [-0.2, -0.15) is 0 Å². The van der Waals surface area contributed by atoms with Crippen molar-refractivity contribution in [1.82, 2.24) is 5.32 Å². The number of carbonyl (C=O) groups is 1. The summed E-state index contributed by atoms with van der Waals surface area (Å²) in [5, 5.41) is 13.9. The zero-order chi connectivity index (χ0) is 27.5. The third kappa shape index (κ3) is 7.71. The number of ether oxygens (including phenoxy) is 3. The lowest BCUT2D eigenvalue weighted by molar-refractivity contribution is -0.130. The lowest BCUT2D eigenvalue weighted by Crippen LogP contribution is -2.52. The van der Waals surface area contributed by atoms with Crippen LogP contribution in [0.2, 0.25) is 0 Å². The van der Waals surface area contributed by atoms with E-state index in [0.29, 0.717) is 31.3 Å². The molecule has 3 rings (SSSR count). The first-order valence-corrected chi connectivity index (χ1v) is 13.9. The molecule has 1 fully saturated rings. The van der Waals surface area contributed by atoms with Crippen LogP contribution in [0.5, 0.6) is 11.5 Å². The van der Waals surface area contributed by atoms with Crippen molar-refractivity contribution in [2.75, 3.05) is 34.0 Å². The van der Waals surface area contributed by atoms with Crippen molar-refractivity contribution in [3.8, 4) is 11.5 Å². The molecule has 0 bridgehead atoms. The molecule has 0 aliphatic heterocycles. The summed E-state index contributed by atoms with van der Waals surface area (Å²) in [6, 6.07) is 15.5. The molecule has 38 heavy (non-hydrogen) atoms. The molecule has 1 saturated carbocycles. The van der Waals surface area contributed by atoms with Gasteiger partial charge in [-0.1, -0.05) is 56.7 Å². The Labute approximate surface area is 228 Å². The Morgan fingerprint density at radius 2 is 1.82 bits per heavy atom. The standard InChI is InChI=1S/C31H46N2O5/c1-22(2)24(18-23-12-13-28(37-4)29(19-23)38-17-9-16-36-3)20-26(32)27(34)21-33-30(35)31(14-8-15-31)25-10-6-5-7-11-25/h5-7,10-13,19,22,24,26-27,34H,8-9,14-18,20-21,32H2,1-4H3,(H,33,35). The molecule has 0 spiro atoms. The van der Waals surface area contributed by atoms with Gasteiger partial charge in [-0.05, 0) is 60.8 Å². The molecule has 1 amide bonds. The van der Waals surface area contributed by atoms with E-state index >= 15 is 0 Å². The summed E-state index contributed by atoms with van der Waals surface area (Å²) in [4.78, 5) is 13.1. The summed E-state index contributed by atoms with van der Waals surface area (Å²) in [6.07, 6.45) is 4.14. The van der Waals surface area contributed by atoms with E-state index in [1.54, 1.807) is 14.2 Å². The molecule has 3 unspecified atom stereocenters. The minimum Gasteiger partial charge on any atom is -0.493 e. The molecule has 2 aromatic carbocycles. The predicted octanol–water partition coefficient (Wildman–Crippen LogP) is 4.24. The Bertz CT molecular complexity index is 993. The zero-order valence-corrected chi connectivity index (χ0v) is 23.4. The first-order chi connectivity index (χ1) is 18.3. The largest absolute Gasteiger partial charge is 0.493 e. The first kappa shape index (κ1) is 29.9. The lowest BCUT2D eigenvalue weighted by atomic mass is 9.64. The van der Waals surface area contributed by atoms with E-state index in [9.17, 15) is 9.90 Å². The number of hydrogen-bond donors (Lipinski definition) is 3. The van der Waals surface area contributed by atoms with Crippen LogP contribution in [-0.2, 0) is 21.4 Å². The van der Waals surface area contributed by atoms with Gasteiger partial charge < -0.3 is 30.4 Å². The van der Waals surface area contributed by atoms with Gasteiger partial charge in [0.25, 0.3) is 0 Å². The molecule has 1 aliphatic rings. The normalized spacial score (nSPS) is 16.8. The van der Waals surface area contributed by atoms with Gasteiger partial charge in [-0.3, -0.25) is 4.79 Å². The second kappa shape index (κ2) is 14.5. The second-order valence-corrected chi connectivity index (χ2v) is 10.9. The van der Waals surface area contributed by atoms with Crippen LogP contribution in [0.25, 0.3) is 0 Å². The van der Waals surface area contributed by atoms with Crippen LogP contribution >= 0.6 is 0 Å². The molecule has 210 valence electrons. The van der Waals surface area contributed by atoms with Crippen molar-refractivity contribution < 1.29 is 24.1 Å². The van der Waals surface area contributed by atoms with Crippen LogP contribution in [0, 0.1) is 11.8 Å². The van der Waals surface area contributed by atoms with Crippen molar-refractivity contribution in [3.05, 3.63) is 59.7 Å². The zero-order valence-electron chi connectivity index (χ0n) is 23.4. The summed E-state index contributed by atoms with van der Waals surface area (Å²) >= 11 is 0. The Morgan fingerprint density at radius 3 is 2.42 bits per heavy atom. The fourth-order valence-electron chi connectivity index (χ4n) is 5.20. The average Bonchev–Trinajstić information content (AvgIpc) is 2.89. The number of aliphatic hydroxyl groups excluding tert-OH is 1. The number of rotatable bonds is 16. The van der Waals surface area contributed by atoms with Gasteiger partial charge in [0.05, 0.1) is 25.2 Å². The number of nitrogens with two attached hydrogens (primary N) is 1. The molecule has 0 saturated heterocycles. The van der Waals surface area contributed by atoms with Gasteiger partial charge in [0.2, 0.25) is 5.91 Å². The Morgan fingerprint density at radius 1 is 1.08 bits per heavy atom. The Hall–Kier alpha value is -2.61. The maximum atomic E-state index is 13.1. The molecule has 3 atom stereocenters. The van der Waals surface area contributed by atoms with E-state index in [4.69, 9.17) is 19.9 Å². The fourth-order valence-corrected chi connectivity index (χ4v) is 5.20. The maximum absolute atomic E-state index is 13.1. The van der Waals surface area contributed by atoms with E-state index in [-0.39, 0.29) is 18.4 Å². The van der Waals surface area contributed by atoms with Crippen LogP contribution in [-0.4, -0.2) is 57.1 Å². The summed E-state index contributed by atoms with van der Waals surface area (Å²) < 4.78 is 16.5. The fraction of sp³-hybridized carbons (Fsp3) is 0.581. The summed E-state index contributed by atoms with van der Waals surface area (Å²) in [5.41, 5.74) is 8.17. The highest BCUT2D eigenvalue weighted by atomic mass is 16.5. The maximum Gasteiger partial charge on any atom is 0.230 e. The van der Waals surface area contributed by atoms with E-state index in [2.05, 4.69) is 25.2 Å². The van der Waals surface area contributed by atoms with Crippen molar-refractivity contribution >= 4 is 5.91 Å². The second-order valence-electron chi connectivity index (χ2n) is 10.9. The lowest BCUT2D eigenvalue weighted by Gasteiger charge is -2.41. The SMILES string of the molecule is COCCCOc1cc(CC(CC(N)C(O)CNC(=O)C2(c3ccccc3)CCC2)C(C)C)ccc1OC. The van der Waals surface area contributed by atoms with E-state index < -0.39 is 17.6 Å². The van der Waals surface area contributed by atoms with Gasteiger partial charge in [-0.25, -0.2) is 0 Å². The van der Waals surface area contributed by atoms with Crippen LogP contribution in [0.4, 0.5) is 0 Å². The Kier molecular flexibility index (Phi) is 11.4. The quantitative estimate of drug-likeness (QED) is 0.283. The number of carbonyl (C=O) groups excluding carboxylic acids is 1. The number of nitrogens with one attached hydrogen (secondary N) is 1. The van der Waals surface area contributed by atoms with Gasteiger partial charge >= 0.3 is 0 Å². The minimum absolute atomic E-state index is 0.0159. The predicted molar refractivity (Wildman–Crippen MR) is 151 cm³/mol. The van der Waals surface area contributed by atoms with Crippen molar-refractivity contribution in [2.45, 2.75) is 69.9 Å². The molecule has 7 nitrogen and oxygen atoms in total. The van der Waals surface area contributed by atoms with Crippen molar-refractivity contribution in [3.63, 3.8) is 0 Å². The van der Waals surface area contributed by atoms with Gasteiger partial charge in [-0.15, -0.1) is 0 Å². The molecule has 1 aliphatic carbocycles. The van der Waals surface area contributed by atoms with Crippen molar-refractivity contribution in [1.29, 1.82) is 0 Å². The number of amides is 1. The molecule has 2 aromatic rings. The molecule has 0 aromatic heterocycles. The number of methoxy groups -OCH3 is 2. The highest BCUT2D eigenvalue weighted by molar-refractivity contribution is 5.89. The summed E-state index contributed by atoms with van der Waals surface area (Å²) in [6.45, 7) is 5.71. The molecular weight excluding hydrogens is 480 g/mol. The van der Waals surface area contributed by atoms with E-state index in [1.807, 2.05) is 42.5 Å². The van der Waals surface area contributed by atoms with Crippen LogP contribution in [0.15, 0.2) is 48.5 Å². The van der Waals surface area contributed by atoms with Crippen molar-refractivity contribution in [2.24, 2.45) is 17.6 Å². The minimum atomic E-state index is -0.816. The molecule has 0 radical (unpaired) electrons. The smallest absolute Gasteiger partial charge is 0.230 e. The topological polar surface area (TPSA) is 103 Å². The first-order valence-electron chi connectivity index (χ1n) is 13.9. The molecule has 0 heterocycles. The van der Waals surface area contributed by atoms with Gasteiger partial charge in [0, 0.05) is 32.7 Å². The molecule has 7 heteroatoms. The monoisotopic (exact) mass is 526 g/mol. The molecule has 4 N–H and O–H groups in total. The van der Waals surface area contributed by atoms with Crippen LogP contribution < -0.4 is 20.5 Å². The van der Waals surface area contributed by atoms with Crippen LogP contribution in [0.1, 0.15) is 57.1 Å². The van der Waals surface area contributed by atoms with Crippen LogP contribution in [0.3, 0.4) is 0 Å². The average molecular weight is 527 g/mol. The number of hydrogen-bond acceptors (Lipinski definition) is 6. The number of benzene rings is 2. The van der Waals surface area contributed by atoms with Gasteiger partial charge in [0.15, 0.2) is 11.5 Å². The van der Waals surface area contributed by atoms with Gasteiger partial charge in [0.1, 0.15) is 0 Å². The summed E-state index contributed by atoms with van der Waals surface area (Å²) in [7, 11) is 3.32. The highest BCUT2D eigenvalue weighted by Crippen LogP contribution is 2.43.